The molecule has 8 heteroatoms. The minimum atomic E-state index is -0.540. The molecule has 1 unspecified atom stereocenters. The molecule has 33 heavy (non-hydrogen) atoms. The van der Waals surface area contributed by atoms with Gasteiger partial charge in [-0.25, -0.2) is 4.98 Å². The lowest BCUT2D eigenvalue weighted by molar-refractivity contribution is -0.155. The third-order valence-corrected chi connectivity index (χ3v) is 5.21. The number of anilines is 2. The van der Waals surface area contributed by atoms with Crippen LogP contribution in [0.2, 0.25) is 0 Å². The first kappa shape index (κ1) is 26.4. The molecule has 0 saturated heterocycles. The molecule has 1 heterocycles. The lowest BCUT2D eigenvalue weighted by Crippen LogP contribution is -2.30. The molecule has 1 aromatic carbocycles. The van der Waals surface area contributed by atoms with Gasteiger partial charge in [-0.15, -0.1) is 0 Å². The van der Waals surface area contributed by atoms with E-state index in [1.807, 2.05) is 45.9 Å². The van der Waals surface area contributed by atoms with E-state index in [1.165, 1.54) is 0 Å². The predicted molar refractivity (Wildman–Crippen MR) is 130 cm³/mol. The summed E-state index contributed by atoms with van der Waals surface area (Å²) in [6.07, 6.45) is 3.47. The van der Waals surface area contributed by atoms with Crippen molar-refractivity contribution in [3.8, 4) is 5.75 Å². The van der Waals surface area contributed by atoms with Crippen LogP contribution in [0, 0.1) is 6.92 Å². The summed E-state index contributed by atoms with van der Waals surface area (Å²) in [6.45, 7) is 9.52. The lowest BCUT2D eigenvalue weighted by atomic mass is 10.00. The van der Waals surface area contributed by atoms with E-state index in [1.54, 1.807) is 7.11 Å². The highest BCUT2D eigenvalue weighted by Crippen LogP contribution is 2.28. The van der Waals surface area contributed by atoms with Crippen LogP contribution >= 0.6 is 0 Å². The quantitative estimate of drug-likeness (QED) is 0.429. The number of hydrogen-bond acceptors (Lipinski definition) is 8. The average molecular weight is 459 g/mol. The van der Waals surface area contributed by atoms with Crippen LogP contribution in [0.1, 0.15) is 75.8 Å². The van der Waals surface area contributed by atoms with Gasteiger partial charge in [0.05, 0.1) is 20.1 Å². The zero-order valence-electron chi connectivity index (χ0n) is 20.7. The van der Waals surface area contributed by atoms with E-state index < -0.39 is 5.60 Å². The molecule has 0 spiro atoms. The maximum absolute atomic E-state index is 12.5. The number of aromatic nitrogens is 2. The highest BCUT2D eigenvalue weighted by molar-refractivity contribution is 5.71. The summed E-state index contributed by atoms with van der Waals surface area (Å²) in [5, 5.41) is 13.0. The summed E-state index contributed by atoms with van der Waals surface area (Å²) in [5.41, 5.74) is 8.74. The van der Waals surface area contributed by atoms with Gasteiger partial charge in [-0.3, -0.25) is 4.79 Å². The van der Waals surface area contributed by atoms with Gasteiger partial charge < -0.3 is 25.6 Å². The standard InChI is InChI=1S/C25H38N4O4/c1-7-8-9-19(14-22(31)33-25(3,4)5)28-23-20(16(2)27-24(26)29-23)13-18-12-17(15-30)10-11-21(18)32-6/h10-12,19,30H,7-9,13-15H2,1-6H3,(H3,26,27,28,29). The van der Waals surface area contributed by atoms with Crippen molar-refractivity contribution in [2.45, 2.75) is 85.0 Å². The molecule has 0 aliphatic rings. The first-order chi connectivity index (χ1) is 15.6. The summed E-state index contributed by atoms with van der Waals surface area (Å²) >= 11 is 0. The van der Waals surface area contributed by atoms with Crippen LogP contribution in [0.25, 0.3) is 0 Å². The van der Waals surface area contributed by atoms with Gasteiger partial charge in [-0.05, 0) is 57.4 Å². The number of rotatable bonds is 11. The fourth-order valence-corrected chi connectivity index (χ4v) is 3.66. The third-order valence-electron chi connectivity index (χ3n) is 5.21. The smallest absolute Gasteiger partial charge is 0.308 e. The van der Waals surface area contributed by atoms with Crippen molar-refractivity contribution in [1.29, 1.82) is 0 Å². The van der Waals surface area contributed by atoms with Gasteiger partial charge >= 0.3 is 5.97 Å². The molecule has 0 saturated carbocycles. The van der Waals surface area contributed by atoms with E-state index in [0.29, 0.717) is 18.0 Å². The molecular formula is C25H38N4O4. The largest absolute Gasteiger partial charge is 0.496 e. The van der Waals surface area contributed by atoms with Gasteiger partial charge in [0.1, 0.15) is 17.2 Å². The topological polar surface area (TPSA) is 120 Å². The monoisotopic (exact) mass is 458 g/mol. The molecule has 0 fully saturated rings. The average Bonchev–Trinajstić information content (AvgIpc) is 2.72. The molecule has 2 aromatic rings. The second-order valence-corrected chi connectivity index (χ2v) is 9.25. The molecule has 0 radical (unpaired) electrons. The SMILES string of the molecule is CCCCC(CC(=O)OC(C)(C)C)Nc1nc(N)nc(C)c1Cc1cc(CO)ccc1OC. The van der Waals surface area contributed by atoms with Gasteiger partial charge in [0.2, 0.25) is 5.95 Å². The molecule has 1 atom stereocenters. The second kappa shape index (κ2) is 11.8. The Balaban J connectivity index is 2.37. The van der Waals surface area contributed by atoms with E-state index in [9.17, 15) is 9.90 Å². The Kier molecular flexibility index (Phi) is 9.46. The molecule has 4 N–H and O–H groups in total. The van der Waals surface area contributed by atoms with Gasteiger partial charge in [-0.1, -0.05) is 25.8 Å². The summed E-state index contributed by atoms with van der Waals surface area (Å²) in [4.78, 5) is 21.3. The number of unbranched alkanes of at least 4 members (excludes halogenated alkanes) is 1. The number of aliphatic hydroxyl groups excluding tert-OH is 1. The lowest BCUT2D eigenvalue weighted by Gasteiger charge is -2.24. The summed E-state index contributed by atoms with van der Waals surface area (Å²) < 4.78 is 11.1. The number of hydrogen-bond donors (Lipinski definition) is 3. The first-order valence-corrected chi connectivity index (χ1v) is 11.4. The summed E-state index contributed by atoms with van der Waals surface area (Å²) in [6, 6.07) is 5.43. The van der Waals surface area contributed by atoms with Crippen molar-refractivity contribution in [2.24, 2.45) is 0 Å². The van der Waals surface area contributed by atoms with Crippen molar-refractivity contribution < 1.29 is 19.4 Å². The third kappa shape index (κ3) is 8.20. The van der Waals surface area contributed by atoms with E-state index >= 15 is 0 Å². The minimum absolute atomic E-state index is 0.0612. The molecule has 0 aliphatic heterocycles. The van der Waals surface area contributed by atoms with Crippen LogP contribution in [0.15, 0.2) is 18.2 Å². The van der Waals surface area contributed by atoms with E-state index in [2.05, 4.69) is 22.2 Å². The zero-order valence-corrected chi connectivity index (χ0v) is 20.7. The number of esters is 1. The van der Waals surface area contributed by atoms with Crippen LogP contribution in [0.4, 0.5) is 11.8 Å². The van der Waals surface area contributed by atoms with Crippen LogP contribution in [-0.2, 0) is 22.6 Å². The Morgan fingerprint density at radius 2 is 2.00 bits per heavy atom. The number of nitrogens with two attached hydrogens (primary N) is 1. The van der Waals surface area contributed by atoms with Crippen molar-refractivity contribution >= 4 is 17.7 Å². The molecule has 2 rings (SSSR count). The Hall–Kier alpha value is -2.87. The molecule has 182 valence electrons. The van der Waals surface area contributed by atoms with E-state index in [0.717, 1.165) is 41.6 Å². The van der Waals surface area contributed by atoms with Gasteiger partial charge in [0.25, 0.3) is 0 Å². The van der Waals surface area contributed by atoms with E-state index in [-0.39, 0.29) is 31.0 Å². The second-order valence-electron chi connectivity index (χ2n) is 9.25. The fraction of sp³-hybridized carbons (Fsp3) is 0.560. The predicted octanol–water partition coefficient (Wildman–Crippen LogP) is 4.16. The summed E-state index contributed by atoms with van der Waals surface area (Å²) in [5.74, 6) is 1.22. The number of methoxy groups -OCH3 is 1. The maximum Gasteiger partial charge on any atom is 0.308 e. The molecule has 0 aliphatic carbocycles. The number of ether oxygens (including phenoxy) is 2. The Bertz CT molecular complexity index is 941. The maximum atomic E-state index is 12.5. The highest BCUT2D eigenvalue weighted by atomic mass is 16.6. The summed E-state index contributed by atoms with van der Waals surface area (Å²) in [7, 11) is 1.62. The van der Waals surface area contributed by atoms with Crippen LogP contribution in [0.5, 0.6) is 5.75 Å². The number of benzene rings is 1. The molecule has 0 amide bonds. The van der Waals surface area contributed by atoms with Crippen molar-refractivity contribution in [3.63, 3.8) is 0 Å². The van der Waals surface area contributed by atoms with Crippen LogP contribution in [0.3, 0.4) is 0 Å². The van der Waals surface area contributed by atoms with Crippen molar-refractivity contribution in [1.82, 2.24) is 9.97 Å². The van der Waals surface area contributed by atoms with Crippen LogP contribution < -0.4 is 15.8 Å². The normalized spacial score (nSPS) is 12.3. The van der Waals surface area contributed by atoms with E-state index in [4.69, 9.17) is 15.2 Å². The number of carbonyl (C=O) groups excluding carboxylic acids is 1. The highest BCUT2D eigenvalue weighted by Gasteiger charge is 2.23. The Morgan fingerprint density at radius 3 is 2.61 bits per heavy atom. The zero-order chi connectivity index (χ0) is 24.6. The molecular weight excluding hydrogens is 420 g/mol. The number of aliphatic hydroxyl groups is 1. The van der Waals surface area contributed by atoms with Gasteiger partial charge in [0, 0.05) is 23.7 Å². The number of carbonyl (C=O) groups is 1. The van der Waals surface area contributed by atoms with Crippen LogP contribution in [-0.4, -0.2) is 39.8 Å². The number of nitrogen functional groups attached to an aromatic ring is 1. The van der Waals surface area contributed by atoms with Crippen molar-refractivity contribution in [3.05, 3.63) is 40.6 Å². The Labute approximate surface area is 196 Å². The number of aryl methyl sites for hydroxylation is 1. The minimum Gasteiger partial charge on any atom is -0.496 e. The molecule has 0 bridgehead atoms. The van der Waals surface area contributed by atoms with Gasteiger partial charge in [-0.2, -0.15) is 4.98 Å². The number of nitrogens with zero attached hydrogens (tertiary/aromatic N) is 2. The Morgan fingerprint density at radius 1 is 1.27 bits per heavy atom. The first-order valence-electron chi connectivity index (χ1n) is 11.4. The number of nitrogens with one attached hydrogen (secondary N) is 1. The van der Waals surface area contributed by atoms with Crippen molar-refractivity contribution in [2.75, 3.05) is 18.2 Å². The fourth-order valence-electron chi connectivity index (χ4n) is 3.66. The molecule has 8 nitrogen and oxygen atoms in total. The molecule has 1 aromatic heterocycles. The van der Waals surface area contributed by atoms with Gasteiger partial charge in [0.15, 0.2) is 0 Å².